The number of nitrogens with one attached hydrogen (secondary N) is 3. The average Bonchev–Trinajstić information content (AvgIpc) is 2.96. The molecule has 2 aromatic rings. The molecule has 1 saturated heterocycles. The number of carbonyl (C=O) groups is 2. The van der Waals surface area contributed by atoms with E-state index in [0.717, 1.165) is 44.3 Å². The van der Waals surface area contributed by atoms with Crippen LogP contribution in [0.1, 0.15) is 31.7 Å². The van der Waals surface area contributed by atoms with E-state index in [1.807, 2.05) is 6.07 Å². The molecule has 0 radical (unpaired) electrons. The second-order valence-corrected chi connectivity index (χ2v) is 6.31. The third kappa shape index (κ3) is 3.94. The van der Waals surface area contributed by atoms with Gasteiger partial charge in [0.1, 0.15) is 0 Å². The second-order valence-electron chi connectivity index (χ2n) is 6.31. The molecule has 1 aliphatic rings. The number of carbonyl (C=O) groups excluding carboxylic acids is 2. The van der Waals surface area contributed by atoms with E-state index in [1.165, 1.54) is 17.9 Å². The van der Waals surface area contributed by atoms with E-state index in [-0.39, 0.29) is 12.1 Å². The van der Waals surface area contributed by atoms with Crippen molar-refractivity contribution in [2.75, 3.05) is 13.1 Å². The fourth-order valence-corrected chi connectivity index (χ4v) is 3.37. The first kappa shape index (κ1) is 16.5. The molecule has 1 fully saturated rings. The number of nitrogens with zero attached hydrogens (tertiary/aromatic N) is 1. The standard InChI is InChI=1S/C18H24N4O2/c1-13(23)20-18(24)21-17-8-4-5-10-22(17)11-9-14-12-19-16-7-3-2-6-15(14)16/h2-3,6-7,12,17,19H,4-5,8-11H2,1H3,(H2,20,21,23,24). The molecule has 0 spiro atoms. The van der Waals surface area contributed by atoms with Crippen molar-refractivity contribution in [1.29, 1.82) is 0 Å². The molecule has 1 aromatic carbocycles. The topological polar surface area (TPSA) is 77.2 Å². The number of aromatic nitrogens is 1. The van der Waals surface area contributed by atoms with Crippen molar-refractivity contribution >= 4 is 22.8 Å². The zero-order valence-electron chi connectivity index (χ0n) is 14.0. The van der Waals surface area contributed by atoms with Gasteiger partial charge >= 0.3 is 6.03 Å². The van der Waals surface area contributed by atoms with Gasteiger partial charge in [-0.1, -0.05) is 18.2 Å². The van der Waals surface area contributed by atoms with Crippen molar-refractivity contribution in [2.45, 2.75) is 38.8 Å². The lowest BCUT2D eigenvalue weighted by Crippen LogP contribution is -2.54. The maximum Gasteiger partial charge on any atom is 0.322 e. The predicted molar refractivity (Wildman–Crippen MR) is 93.6 cm³/mol. The van der Waals surface area contributed by atoms with E-state index < -0.39 is 6.03 Å². The number of likely N-dealkylation sites (tertiary alicyclic amines) is 1. The first-order valence-electron chi connectivity index (χ1n) is 8.50. The Bertz CT molecular complexity index is 725. The van der Waals surface area contributed by atoms with Gasteiger partial charge in [0.25, 0.3) is 0 Å². The van der Waals surface area contributed by atoms with E-state index in [9.17, 15) is 9.59 Å². The van der Waals surface area contributed by atoms with Crippen LogP contribution in [0.4, 0.5) is 4.79 Å². The number of benzene rings is 1. The minimum atomic E-state index is -0.411. The number of aromatic amines is 1. The van der Waals surface area contributed by atoms with Gasteiger partial charge < -0.3 is 10.3 Å². The van der Waals surface area contributed by atoms with Gasteiger partial charge in [-0.05, 0) is 37.3 Å². The molecule has 3 amide bonds. The summed E-state index contributed by atoms with van der Waals surface area (Å²) in [7, 11) is 0. The van der Waals surface area contributed by atoms with E-state index in [4.69, 9.17) is 0 Å². The number of rotatable bonds is 4. The van der Waals surface area contributed by atoms with Crippen LogP contribution < -0.4 is 10.6 Å². The van der Waals surface area contributed by atoms with Crippen molar-refractivity contribution in [3.05, 3.63) is 36.0 Å². The van der Waals surface area contributed by atoms with Crippen molar-refractivity contribution in [3.8, 4) is 0 Å². The number of para-hydroxylation sites is 1. The minimum absolute atomic E-state index is 0.0108. The van der Waals surface area contributed by atoms with Crippen LogP contribution in [0.5, 0.6) is 0 Å². The third-order valence-corrected chi connectivity index (χ3v) is 4.54. The van der Waals surface area contributed by atoms with Crippen LogP contribution in [0.25, 0.3) is 10.9 Å². The summed E-state index contributed by atoms with van der Waals surface area (Å²) in [6.45, 7) is 3.19. The Morgan fingerprint density at radius 3 is 2.96 bits per heavy atom. The minimum Gasteiger partial charge on any atom is -0.361 e. The van der Waals surface area contributed by atoms with Crippen molar-refractivity contribution in [2.24, 2.45) is 0 Å². The molecule has 0 bridgehead atoms. The first-order chi connectivity index (χ1) is 11.6. The largest absolute Gasteiger partial charge is 0.361 e. The van der Waals surface area contributed by atoms with Gasteiger partial charge in [0.05, 0.1) is 6.17 Å². The Morgan fingerprint density at radius 2 is 2.12 bits per heavy atom. The molecular weight excluding hydrogens is 304 g/mol. The number of H-pyrrole nitrogens is 1. The quantitative estimate of drug-likeness (QED) is 0.806. The highest BCUT2D eigenvalue weighted by Gasteiger charge is 2.24. The zero-order chi connectivity index (χ0) is 16.9. The van der Waals surface area contributed by atoms with Crippen LogP contribution in [-0.4, -0.2) is 41.1 Å². The Kier molecular flexibility index (Phi) is 5.15. The summed E-state index contributed by atoms with van der Waals surface area (Å²) in [6.07, 6.45) is 6.13. The molecule has 1 unspecified atom stereocenters. The maximum absolute atomic E-state index is 11.8. The van der Waals surface area contributed by atoms with Gasteiger partial charge in [0.2, 0.25) is 5.91 Å². The van der Waals surface area contributed by atoms with Crippen LogP contribution in [-0.2, 0) is 11.2 Å². The lowest BCUT2D eigenvalue weighted by atomic mass is 10.1. The monoisotopic (exact) mass is 328 g/mol. The second kappa shape index (κ2) is 7.49. The summed E-state index contributed by atoms with van der Waals surface area (Å²) in [5.74, 6) is -0.339. The summed E-state index contributed by atoms with van der Waals surface area (Å²) in [4.78, 5) is 28.4. The summed E-state index contributed by atoms with van der Waals surface area (Å²) in [6, 6.07) is 7.88. The third-order valence-electron chi connectivity index (χ3n) is 4.54. The number of fused-ring (bicyclic) bond motifs is 1. The number of hydrogen-bond donors (Lipinski definition) is 3. The molecule has 1 aliphatic heterocycles. The van der Waals surface area contributed by atoms with E-state index >= 15 is 0 Å². The predicted octanol–water partition coefficient (Wildman–Crippen LogP) is 2.37. The number of urea groups is 1. The zero-order valence-corrected chi connectivity index (χ0v) is 14.0. The van der Waals surface area contributed by atoms with E-state index in [0.29, 0.717) is 0 Å². The van der Waals surface area contributed by atoms with Gasteiger partial charge in [0.15, 0.2) is 0 Å². The van der Waals surface area contributed by atoms with Gasteiger partial charge in [-0.2, -0.15) is 0 Å². The number of piperidine rings is 1. The maximum atomic E-state index is 11.8. The Labute approximate surface area is 141 Å². The first-order valence-corrected chi connectivity index (χ1v) is 8.50. The molecule has 3 rings (SSSR count). The van der Waals surface area contributed by atoms with Gasteiger partial charge in [-0.25, -0.2) is 4.79 Å². The van der Waals surface area contributed by atoms with Gasteiger partial charge in [-0.3, -0.25) is 15.0 Å². The molecule has 1 aromatic heterocycles. The van der Waals surface area contributed by atoms with Gasteiger partial charge in [0, 0.05) is 37.1 Å². The lowest BCUT2D eigenvalue weighted by molar-refractivity contribution is -0.117. The van der Waals surface area contributed by atoms with E-state index in [1.54, 1.807) is 0 Å². The molecule has 6 nitrogen and oxygen atoms in total. The highest BCUT2D eigenvalue weighted by molar-refractivity contribution is 5.93. The van der Waals surface area contributed by atoms with Crippen LogP contribution >= 0.6 is 0 Å². The Balaban J connectivity index is 1.61. The van der Waals surface area contributed by atoms with Crippen molar-refractivity contribution < 1.29 is 9.59 Å². The lowest BCUT2D eigenvalue weighted by Gasteiger charge is -2.35. The molecular formula is C18H24N4O2. The molecule has 24 heavy (non-hydrogen) atoms. The van der Waals surface area contributed by atoms with Crippen LogP contribution in [0.2, 0.25) is 0 Å². The molecule has 2 heterocycles. The van der Waals surface area contributed by atoms with Gasteiger partial charge in [-0.15, -0.1) is 0 Å². The Hall–Kier alpha value is -2.34. The number of amides is 3. The smallest absolute Gasteiger partial charge is 0.322 e. The number of hydrogen-bond acceptors (Lipinski definition) is 3. The van der Waals surface area contributed by atoms with Crippen LogP contribution in [0, 0.1) is 0 Å². The molecule has 6 heteroatoms. The SMILES string of the molecule is CC(=O)NC(=O)NC1CCCCN1CCc1c[nH]c2ccccc12. The normalized spacial score (nSPS) is 18.5. The fourth-order valence-electron chi connectivity index (χ4n) is 3.37. The summed E-state index contributed by atoms with van der Waals surface area (Å²) < 4.78 is 0. The van der Waals surface area contributed by atoms with Crippen molar-refractivity contribution in [3.63, 3.8) is 0 Å². The molecule has 128 valence electrons. The highest BCUT2D eigenvalue weighted by atomic mass is 16.2. The highest BCUT2D eigenvalue weighted by Crippen LogP contribution is 2.20. The van der Waals surface area contributed by atoms with E-state index in [2.05, 4.69) is 44.9 Å². The molecule has 0 saturated carbocycles. The van der Waals surface area contributed by atoms with Crippen molar-refractivity contribution in [1.82, 2.24) is 20.5 Å². The average molecular weight is 328 g/mol. The summed E-state index contributed by atoms with van der Waals surface area (Å²) >= 11 is 0. The fraction of sp³-hybridized carbons (Fsp3) is 0.444. The molecule has 0 aliphatic carbocycles. The molecule has 1 atom stereocenters. The van der Waals surface area contributed by atoms with Crippen LogP contribution in [0.3, 0.4) is 0 Å². The van der Waals surface area contributed by atoms with Crippen LogP contribution in [0.15, 0.2) is 30.5 Å². The summed E-state index contributed by atoms with van der Waals surface area (Å²) in [5.41, 5.74) is 2.45. The molecule has 3 N–H and O–H groups in total. The summed E-state index contributed by atoms with van der Waals surface area (Å²) in [5, 5.41) is 6.46. The Morgan fingerprint density at radius 1 is 1.29 bits per heavy atom. The number of imide groups is 1.